The van der Waals surface area contributed by atoms with Gasteiger partial charge in [-0.15, -0.1) is 0 Å². The molecule has 0 bridgehead atoms. The fourth-order valence-electron chi connectivity index (χ4n) is 3.48. The summed E-state index contributed by atoms with van der Waals surface area (Å²) in [6.45, 7) is 6.80. The summed E-state index contributed by atoms with van der Waals surface area (Å²) < 4.78 is 0. The second-order valence-corrected chi connectivity index (χ2v) is 7.27. The molecular weight excluding hydrogens is 256 g/mol. The van der Waals surface area contributed by atoms with Crippen molar-refractivity contribution in [2.75, 3.05) is 6.54 Å². The Balaban J connectivity index is 1.99. The maximum absolute atomic E-state index is 12.5. The molecule has 0 radical (unpaired) electrons. The summed E-state index contributed by atoms with van der Waals surface area (Å²) >= 11 is 0. The monoisotopic (exact) mass is 282 g/mol. The van der Waals surface area contributed by atoms with Gasteiger partial charge in [-0.05, 0) is 36.6 Å². The van der Waals surface area contributed by atoms with Crippen LogP contribution in [0.15, 0.2) is 0 Å². The molecule has 5 nitrogen and oxygen atoms in total. The average Bonchev–Trinajstić information content (AvgIpc) is 2.86. The molecule has 1 saturated heterocycles. The van der Waals surface area contributed by atoms with E-state index in [1.54, 1.807) is 0 Å². The SMILES string of the molecule is CC(C)(C)C(CC(=O)O)NC(=O)C1NCC2CCCC21. The van der Waals surface area contributed by atoms with Crippen LogP contribution in [0.3, 0.4) is 0 Å². The van der Waals surface area contributed by atoms with Gasteiger partial charge in [0, 0.05) is 6.04 Å². The number of amides is 1. The first-order valence-electron chi connectivity index (χ1n) is 7.54. The van der Waals surface area contributed by atoms with Crippen molar-refractivity contribution in [3.8, 4) is 0 Å². The molecule has 4 atom stereocenters. The van der Waals surface area contributed by atoms with Gasteiger partial charge in [0.05, 0.1) is 12.5 Å². The van der Waals surface area contributed by atoms with E-state index in [0.717, 1.165) is 13.0 Å². The molecular formula is C15H26N2O3. The summed E-state index contributed by atoms with van der Waals surface area (Å²) in [6.07, 6.45) is 3.49. The van der Waals surface area contributed by atoms with Gasteiger partial charge in [0.15, 0.2) is 0 Å². The predicted octanol–water partition coefficient (Wildman–Crippen LogP) is 1.38. The third-order valence-electron chi connectivity index (χ3n) is 4.77. The van der Waals surface area contributed by atoms with E-state index in [4.69, 9.17) is 5.11 Å². The van der Waals surface area contributed by atoms with Gasteiger partial charge in [0.1, 0.15) is 0 Å². The number of fused-ring (bicyclic) bond motifs is 1. The highest BCUT2D eigenvalue weighted by Crippen LogP contribution is 2.37. The van der Waals surface area contributed by atoms with Crippen LogP contribution in [0.25, 0.3) is 0 Å². The van der Waals surface area contributed by atoms with Gasteiger partial charge in [0.2, 0.25) is 5.91 Å². The zero-order valence-corrected chi connectivity index (χ0v) is 12.6. The first-order chi connectivity index (χ1) is 9.29. The molecule has 1 saturated carbocycles. The topological polar surface area (TPSA) is 78.4 Å². The number of rotatable bonds is 4. The Hall–Kier alpha value is -1.10. The summed E-state index contributed by atoms with van der Waals surface area (Å²) in [5.41, 5.74) is -0.262. The molecule has 114 valence electrons. The van der Waals surface area contributed by atoms with Crippen molar-refractivity contribution in [1.82, 2.24) is 10.6 Å². The zero-order valence-electron chi connectivity index (χ0n) is 12.6. The van der Waals surface area contributed by atoms with Crippen molar-refractivity contribution in [2.45, 2.75) is 58.5 Å². The Bertz CT molecular complexity index is 389. The molecule has 0 aromatic heterocycles. The number of hydrogen-bond acceptors (Lipinski definition) is 3. The van der Waals surface area contributed by atoms with E-state index in [9.17, 15) is 9.59 Å². The molecule has 2 rings (SSSR count). The Kier molecular flexibility index (Phi) is 4.37. The minimum atomic E-state index is -0.872. The number of aliphatic carboxylic acids is 1. The highest BCUT2D eigenvalue weighted by Gasteiger charge is 2.43. The molecule has 1 heterocycles. The van der Waals surface area contributed by atoms with Crippen LogP contribution in [0.2, 0.25) is 0 Å². The maximum Gasteiger partial charge on any atom is 0.305 e. The average molecular weight is 282 g/mol. The Morgan fingerprint density at radius 3 is 2.65 bits per heavy atom. The van der Waals surface area contributed by atoms with Crippen molar-refractivity contribution >= 4 is 11.9 Å². The van der Waals surface area contributed by atoms with E-state index in [0.29, 0.717) is 11.8 Å². The fraction of sp³-hybridized carbons (Fsp3) is 0.867. The van der Waals surface area contributed by atoms with Crippen molar-refractivity contribution in [2.24, 2.45) is 17.3 Å². The fourth-order valence-corrected chi connectivity index (χ4v) is 3.48. The van der Waals surface area contributed by atoms with Gasteiger partial charge in [-0.25, -0.2) is 0 Å². The lowest BCUT2D eigenvalue weighted by Crippen LogP contribution is -2.52. The van der Waals surface area contributed by atoms with E-state index in [-0.39, 0.29) is 29.8 Å². The van der Waals surface area contributed by atoms with Crippen LogP contribution in [0, 0.1) is 17.3 Å². The maximum atomic E-state index is 12.5. The van der Waals surface area contributed by atoms with Crippen LogP contribution in [0.5, 0.6) is 0 Å². The molecule has 1 amide bonds. The molecule has 0 aromatic rings. The van der Waals surface area contributed by atoms with Gasteiger partial charge in [-0.2, -0.15) is 0 Å². The third-order valence-corrected chi connectivity index (χ3v) is 4.77. The molecule has 2 fully saturated rings. The van der Waals surface area contributed by atoms with E-state index in [1.807, 2.05) is 20.8 Å². The second-order valence-electron chi connectivity index (χ2n) is 7.27. The summed E-state index contributed by atoms with van der Waals surface area (Å²) in [5.74, 6) is 0.155. The molecule has 0 aromatic carbocycles. The van der Waals surface area contributed by atoms with E-state index >= 15 is 0 Å². The number of hydrogen-bond donors (Lipinski definition) is 3. The predicted molar refractivity (Wildman–Crippen MR) is 76.3 cm³/mol. The van der Waals surface area contributed by atoms with Crippen LogP contribution in [-0.4, -0.2) is 35.6 Å². The van der Waals surface area contributed by atoms with Crippen molar-refractivity contribution in [3.05, 3.63) is 0 Å². The summed E-state index contributed by atoms with van der Waals surface area (Å²) in [4.78, 5) is 23.4. The van der Waals surface area contributed by atoms with Gasteiger partial charge in [-0.3, -0.25) is 9.59 Å². The molecule has 2 aliphatic rings. The summed E-state index contributed by atoms with van der Waals surface area (Å²) in [7, 11) is 0. The number of carboxylic acids is 1. The highest BCUT2D eigenvalue weighted by atomic mass is 16.4. The van der Waals surface area contributed by atoms with Crippen LogP contribution < -0.4 is 10.6 Å². The lowest BCUT2D eigenvalue weighted by atomic mass is 9.84. The van der Waals surface area contributed by atoms with Crippen LogP contribution >= 0.6 is 0 Å². The number of nitrogens with one attached hydrogen (secondary N) is 2. The van der Waals surface area contributed by atoms with Crippen molar-refractivity contribution in [1.29, 1.82) is 0 Å². The van der Waals surface area contributed by atoms with Gasteiger partial charge in [-0.1, -0.05) is 27.2 Å². The molecule has 4 unspecified atom stereocenters. The van der Waals surface area contributed by atoms with E-state index in [2.05, 4.69) is 10.6 Å². The smallest absolute Gasteiger partial charge is 0.305 e. The summed E-state index contributed by atoms with van der Waals surface area (Å²) in [5, 5.41) is 15.3. The second kappa shape index (κ2) is 5.72. The molecule has 3 N–H and O–H groups in total. The Morgan fingerprint density at radius 2 is 2.05 bits per heavy atom. The third kappa shape index (κ3) is 3.32. The standard InChI is InChI=1S/C15H26N2O3/c1-15(2,3)11(7-12(18)19)17-14(20)13-10-6-4-5-9(10)8-16-13/h9-11,13,16H,4-8H2,1-3H3,(H,17,20)(H,18,19). The quantitative estimate of drug-likeness (QED) is 0.728. The highest BCUT2D eigenvalue weighted by molar-refractivity contribution is 5.83. The number of carbonyl (C=O) groups is 2. The molecule has 20 heavy (non-hydrogen) atoms. The van der Waals surface area contributed by atoms with Crippen LogP contribution in [0.1, 0.15) is 46.5 Å². The molecule has 0 spiro atoms. The number of carbonyl (C=O) groups excluding carboxylic acids is 1. The van der Waals surface area contributed by atoms with Gasteiger partial charge >= 0.3 is 5.97 Å². The first kappa shape index (κ1) is 15.3. The van der Waals surface area contributed by atoms with E-state index in [1.165, 1.54) is 12.8 Å². The van der Waals surface area contributed by atoms with Gasteiger partial charge < -0.3 is 15.7 Å². The Morgan fingerprint density at radius 1 is 1.35 bits per heavy atom. The summed E-state index contributed by atoms with van der Waals surface area (Å²) in [6, 6.07) is -0.476. The lowest BCUT2D eigenvalue weighted by Gasteiger charge is -2.32. The molecule has 1 aliphatic heterocycles. The normalized spacial score (nSPS) is 30.9. The first-order valence-corrected chi connectivity index (χ1v) is 7.54. The number of carboxylic acid groups (broad SMARTS) is 1. The minimum Gasteiger partial charge on any atom is -0.481 e. The van der Waals surface area contributed by atoms with E-state index < -0.39 is 5.97 Å². The van der Waals surface area contributed by atoms with Crippen LogP contribution in [-0.2, 0) is 9.59 Å². The lowest BCUT2D eigenvalue weighted by molar-refractivity contribution is -0.138. The van der Waals surface area contributed by atoms with Crippen LogP contribution in [0.4, 0.5) is 0 Å². The largest absolute Gasteiger partial charge is 0.481 e. The molecule has 1 aliphatic carbocycles. The molecule has 5 heteroatoms. The van der Waals surface area contributed by atoms with Crippen molar-refractivity contribution in [3.63, 3.8) is 0 Å². The Labute approximate surface area is 120 Å². The zero-order chi connectivity index (χ0) is 14.9. The van der Waals surface area contributed by atoms with Crippen molar-refractivity contribution < 1.29 is 14.7 Å². The minimum absolute atomic E-state index is 0.0272. The van der Waals surface area contributed by atoms with Gasteiger partial charge in [0.25, 0.3) is 0 Å².